The molecule has 0 aromatic heterocycles. The molecular weight excluding hydrogens is 228 g/mol. The molecule has 0 aliphatic carbocycles. The molecule has 0 aliphatic rings. The molecule has 4 heteroatoms. The van der Waals surface area contributed by atoms with E-state index < -0.39 is 5.91 Å². The summed E-state index contributed by atoms with van der Waals surface area (Å²) in [4.78, 5) is 24.7. The van der Waals surface area contributed by atoms with Crippen LogP contribution in [-0.4, -0.2) is 23.3 Å². The fourth-order valence-corrected chi connectivity index (χ4v) is 1.85. The normalized spacial score (nSPS) is 11.9. The summed E-state index contributed by atoms with van der Waals surface area (Å²) in [5.74, 6) is -0.821. The Hall–Kier alpha value is -1.84. The lowest BCUT2D eigenvalue weighted by atomic mass is 10.1. The molecule has 1 aromatic rings. The van der Waals surface area contributed by atoms with Gasteiger partial charge in [0.1, 0.15) is 0 Å². The summed E-state index contributed by atoms with van der Waals surface area (Å²) < 4.78 is 0. The number of nitrogens with zero attached hydrogens (tertiary/aromatic N) is 1. The van der Waals surface area contributed by atoms with Gasteiger partial charge < -0.3 is 10.6 Å². The van der Waals surface area contributed by atoms with E-state index in [0.29, 0.717) is 13.1 Å². The number of hydrogen-bond acceptors (Lipinski definition) is 2. The zero-order valence-electron chi connectivity index (χ0n) is 10.9. The second kappa shape index (κ2) is 6.79. The largest absolute Gasteiger partial charge is 0.370 e. The van der Waals surface area contributed by atoms with Crippen molar-refractivity contribution in [2.24, 2.45) is 11.7 Å². The summed E-state index contributed by atoms with van der Waals surface area (Å²) in [5.41, 5.74) is 6.20. The van der Waals surface area contributed by atoms with E-state index in [1.807, 2.05) is 37.3 Å². The van der Waals surface area contributed by atoms with Crippen molar-refractivity contribution in [2.75, 3.05) is 6.54 Å². The van der Waals surface area contributed by atoms with Crippen LogP contribution in [0.3, 0.4) is 0 Å². The average molecular weight is 248 g/mol. The standard InChI is InChI=1S/C14H20N2O2/c1-3-16(10-12-7-5-4-6-8-12)14(18)11(2)9-13(15)17/h4-8,11H,3,9-10H2,1-2H3,(H2,15,17). The third-order valence-corrected chi connectivity index (χ3v) is 2.84. The van der Waals surface area contributed by atoms with E-state index in [4.69, 9.17) is 5.73 Å². The Morgan fingerprint density at radius 1 is 1.28 bits per heavy atom. The molecular formula is C14H20N2O2. The number of nitrogens with two attached hydrogens (primary N) is 1. The van der Waals surface area contributed by atoms with Gasteiger partial charge in [-0.15, -0.1) is 0 Å². The highest BCUT2D eigenvalue weighted by molar-refractivity contribution is 5.84. The lowest BCUT2D eigenvalue weighted by Crippen LogP contribution is -2.36. The number of primary amides is 1. The Morgan fingerprint density at radius 2 is 1.89 bits per heavy atom. The van der Waals surface area contributed by atoms with Gasteiger partial charge in [-0.2, -0.15) is 0 Å². The molecule has 98 valence electrons. The zero-order valence-corrected chi connectivity index (χ0v) is 10.9. The van der Waals surface area contributed by atoms with Crippen molar-refractivity contribution in [2.45, 2.75) is 26.8 Å². The topological polar surface area (TPSA) is 63.4 Å². The molecule has 1 atom stereocenters. The molecule has 0 saturated carbocycles. The summed E-state index contributed by atoms with van der Waals surface area (Å²) >= 11 is 0. The van der Waals surface area contributed by atoms with Crippen LogP contribution in [0.15, 0.2) is 30.3 Å². The Balaban J connectivity index is 2.66. The third kappa shape index (κ3) is 4.20. The molecule has 0 radical (unpaired) electrons. The van der Waals surface area contributed by atoms with E-state index in [2.05, 4.69) is 0 Å². The highest BCUT2D eigenvalue weighted by atomic mass is 16.2. The van der Waals surface area contributed by atoms with Crippen LogP contribution in [0.1, 0.15) is 25.8 Å². The minimum Gasteiger partial charge on any atom is -0.370 e. The summed E-state index contributed by atoms with van der Waals surface area (Å²) in [6.07, 6.45) is 0.101. The lowest BCUT2D eigenvalue weighted by molar-refractivity contribution is -0.137. The Labute approximate surface area is 108 Å². The predicted molar refractivity (Wildman–Crippen MR) is 70.5 cm³/mol. The van der Waals surface area contributed by atoms with Crippen LogP contribution in [0.5, 0.6) is 0 Å². The highest BCUT2D eigenvalue weighted by Crippen LogP contribution is 2.11. The first-order valence-electron chi connectivity index (χ1n) is 6.15. The maximum atomic E-state index is 12.1. The van der Waals surface area contributed by atoms with Gasteiger partial charge in [-0.05, 0) is 12.5 Å². The Morgan fingerprint density at radius 3 is 2.39 bits per heavy atom. The van der Waals surface area contributed by atoms with Gasteiger partial charge >= 0.3 is 0 Å². The van der Waals surface area contributed by atoms with Crippen LogP contribution in [0.2, 0.25) is 0 Å². The van der Waals surface area contributed by atoms with E-state index in [9.17, 15) is 9.59 Å². The summed E-state index contributed by atoms with van der Waals surface area (Å²) in [7, 11) is 0. The first kappa shape index (κ1) is 14.2. The molecule has 0 fully saturated rings. The van der Waals surface area contributed by atoms with Crippen molar-refractivity contribution in [1.82, 2.24) is 4.90 Å². The summed E-state index contributed by atoms with van der Waals surface area (Å²) in [5, 5.41) is 0. The maximum absolute atomic E-state index is 12.1. The molecule has 0 saturated heterocycles. The molecule has 0 heterocycles. The van der Waals surface area contributed by atoms with Gasteiger partial charge in [-0.1, -0.05) is 37.3 Å². The first-order valence-corrected chi connectivity index (χ1v) is 6.15. The predicted octanol–water partition coefficient (Wildman–Crippen LogP) is 1.55. The third-order valence-electron chi connectivity index (χ3n) is 2.84. The van der Waals surface area contributed by atoms with Crippen LogP contribution >= 0.6 is 0 Å². The van der Waals surface area contributed by atoms with Crippen LogP contribution in [-0.2, 0) is 16.1 Å². The van der Waals surface area contributed by atoms with Crippen LogP contribution in [0.4, 0.5) is 0 Å². The maximum Gasteiger partial charge on any atom is 0.226 e. The van der Waals surface area contributed by atoms with Crippen LogP contribution in [0.25, 0.3) is 0 Å². The number of carbonyl (C=O) groups excluding carboxylic acids is 2. The molecule has 4 nitrogen and oxygen atoms in total. The molecule has 0 spiro atoms. The monoisotopic (exact) mass is 248 g/mol. The average Bonchev–Trinajstić information content (AvgIpc) is 2.35. The second-order valence-electron chi connectivity index (χ2n) is 4.41. The van der Waals surface area contributed by atoms with Crippen molar-refractivity contribution in [1.29, 1.82) is 0 Å². The Kier molecular flexibility index (Phi) is 5.36. The van der Waals surface area contributed by atoms with Gasteiger partial charge in [-0.3, -0.25) is 9.59 Å². The second-order valence-corrected chi connectivity index (χ2v) is 4.41. The fourth-order valence-electron chi connectivity index (χ4n) is 1.85. The van der Waals surface area contributed by atoms with Crippen molar-refractivity contribution >= 4 is 11.8 Å². The van der Waals surface area contributed by atoms with Crippen molar-refractivity contribution < 1.29 is 9.59 Å². The van der Waals surface area contributed by atoms with Gasteiger partial charge in [0.15, 0.2) is 0 Å². The van der Waals surface area contributed by atoms with E-state index >= 15 is 0 Å². The number of benzene rings is 1. The molecule has 1 aromatic carbocycles. The van der Waals surface area contributed by atoms with Crippen molar-refractivity contribution in [3.05, 3.63) is 35.9 Å². The molecule has 2 amide bonds. The number of amides is 2. The van der Waals surface area contributed by atoms with Gasteiger partial charge in [-0.25, -0.2) is 0 Å². The minimum absolute atomic E-state index is 0.0276. The van der Waals surface area contributed by atoms with Crippen LogP contribution < -0.4 is 5.73 Å². The van der Waals surface area contributed by atoms with E-state index in [1.54, 1.807) is 11.8 Å². The van der Waals surface area contributed by atoms with Crippen molar-refractivity contribution in [3.8, 4) is 0 Å². The van der Waals surface area contributed by atoms with Gasteiger partial charge in [0.05, 0.1) is 0 Å². The summed E-state index contributed by atoms with van der Waals surface area (Å²) in [6.45, 7) is 4.86. The van der Waals surface area contributed by atoms with E-state index in [-0.39, 0.29) is 18.2 Å². The smallest absolute Gasteiger partial charge is 0.226 e. The van der Waals surface area contributed by atoms with E-state index in [0.717, 1.165) is 5.56 Å². The SMILES string of the molecule is CCN(Cc1ccccc1)C(=O)C(C)CC(N)=O. The number of hydrogen-bond donors (Lipinski definition) is 1. The molecule has 1 unspecified atom stereocenters. The van der Waals surface area contributed by atoms with Gasteiger partial charge in [0.2, 0.25) is 11.8 Å². The molecule has 18 heavy (non-hydrogen) atoms. The fraction of sp³-hybridized carbons (Fsp3) is 0.429. The number of carbonyl (C=O) groups is 2. The van der Waals surface area contributed by atoms with Crippen molar-refractivity contribution in [3.63, 3.8) is 0 Å². The molecule has 0 aliphatic heterocycles. The van der Waals surface area contributed by atoms with E-state index in [1.165, 1.54) is 0 Å². The van der Waals surface area contributed by atoms with Gasteiger partial charge in [0, 0.05) is 25.4 Å². The first-order chi connectivity index (χ1) is 8.54. The number of rotatable bonds is 6. The molecule has 2 N–H and O–H groups in total. The minimum atomic E-state index is -0.438. The zero-order chi connectivity index (χ0) is 13.5. The Bertz CT molecular complexity index is 404. The summed E-state index contributed by atoms with van der Waals surface area (Å²) in [6, 6.07) is 9.79. The molecule has 0 bridgehead atoms. The molecule has 1 rings (SSSR count). The quantitative estimate of drug-likeness (QED) is 0.830. The van der Waals surface area contributed by atoms with Crippen LogP contribution in [0, 0.1) is 5.92 Å². The lowest BCUT2D eigenvalue weighted by Gasteiger charge is -2.24. The highest BCUT2D eigenvalue weighted by Gasteiger charge is 2.20. The van der Waals surface area contributed by atoms with Gasteiger partial charge in [0.25, 0.3) is 0 Å².